The number of hydrogen-bond donors (Lipinski definition) is 0. The van der Waals surface area contributed by atoms with Crippen molar-refractivity contribution in [3.8, 4) is 0 Å². The van der Waals surface area contributed by atoms with Crippen LogP contribution in [0.15, 0.2) is 35.2 Å². The average Bonchev–Trinajstić information content (AvgIpc) is 2.36. The lowest BCUT2D eigenvalue weighted by molar-refractivity contribution is 0.0772. The molecule has 96 valence electrons. The molecule has 0 amide bonds. The van der Waals surface area contributed by atoms with E-state index >= 15 is 0 Å². The van der Waals surface area contributed by atoms with Crippen molar-refractivity contribution < 1.29 is 4.74 Å². The summed E-state index contributed by atoms with van der Waals surface area (Å²) in [4.78, 5) is 1.20. The van der Waals surface area contributed by atoms with E-state index in [-0.39, 0.29) is 4.93 Å². The maximum Gasteiger partial charge on any atom is 0.115 e. The van der Waals surface area contributed by atoms with E-state index < -0.39 is 0 Å². The molecule has 1 aromatic rings. The lowest BCUT2D eigenvalue weighted by Gasteiger charge is -2.27. The molecule has 0 saturated carbocycles. The molecular formula is C15H24OS. The predicted octanol–water partition coefficient (Wildman–Crippen LogP) is 5.11. The summed E-state index contributed by atoms with van der Waals surface area (Å²) in [7, 11) is 1.82. The van der Waals surface area contributed by atoms with Gasteiger partial charge in [0.15, 0.2) is 0 Å². The Morgan fingerprint density at radius 1 is 1.12 bits per heavy atom. The Morgan fingerprint density at radius 2 is 1.82 bits per heavy atom. The Hall–Kier alpha value is -0.470. The van der Waals surface area contributed by atoms with Crippen molar-refractivity contribution in [3.63, 3.8) is 0 Å². The van der Waals surface area contributed by atoms with Crippen molar-refractivity contribution in [1.82, 2.24) is 0 Å². The number of hydrogen-bond acceptors (Lipinski definition) is 2. The van der Waals surface area contributed by atoms with Gasteiger partial charge in [-0.1, -0.05) is 56.1 Å². The van der Waals surface area contributed by atoms with Crippen LogP contribution in [0.25, 0.3) is 0 Å². The summed E-state index contributed by atoms with van der Waals surface area (Å²) in [6.45, 7) is 4.44. The Kier molecular flexibility index (Phi) is 6.68. The average molecular weight is 252 g/mol. The van der Waals surface area contributed by atoms with E-state index in [1.54, 1.807) is 0 Å². The summed E-state index contributed by atoms with van der Waals surface area (Å²) < 4.78 is 5.68. The van der Waals surface area contributed by atoms with Gasteiger partial charge in [-0.3, -0.25) is 0 Å². The zero-order valence-corrected chi connectivity index (χ0v) is 12.1. The summed E-state index contributed by atoms with van der Waals surface area (Å²) in [5.41, 5.74) is 0. The van der Waals surface area contributed by atoms with Crippen molar-refractivity contribution in [2.24, 2.45) is 0 Å². The predicted molar refractivity (Wildman–Crippen MR) is 76.5 cm³/mol. The molecule has 0 N–H and O–H groups in total. The van der Waals surface area contributed by atoms with E-state index in [1.807, 2.05) is 18.9 Å². The molecule has 0 spiro atoms. The van der Waals surface area contributed by atoms with E-state index in [9.17, 15) is 0 Å². The minimum Gasteiger partial charge on any atom is -0.368 e. The number of thioether (sulfide) groups is 1. The lowest BCUT2D eigenvalue weighted by Crippen LogP contribution is -2.22. The second kappa shape index (κ2) is 7.78. The van der Waals surface area contributed by atoms with Gasteiger partial charge in [-0.25, -0.2) is 0 Å². The van der Waals surface area contributed by atoms with Crippen LogP contribution in [-0.2, 0) is 4.74 Å². The summed E-state index contributed by atoms with van der Waals surface area (Å²) in [6.07, 6.45) is 6.29. The first-order valence-electron chi connectivity index (χ1n) is 6.49. The summed E-state index contributed by atoms with van der Waals surface area (Å²) >= 11 is 1.83. The maximum atomic E-state index is 5.68. The molecule has 1 rings (SSSR count). The molecular weight excluding hydrogens is 228 g/mol. The Bertz CT molecular complexity index is 299. The molecule has 17 heavy (non-hydrogen) atoms. The highest BCUT2D eigenvalue weighted by Crippen LogP contribution is 2.37. The zero-order chi connectivity index (χ0) is 12.6. The number of methoxy groups -OCH3 is 1. The van der Waals surface area contributed by atoms with Crippen LogP contribution in [0.3, 0.4) is 0 Å². The third-order valence-corrected chi connectivity index (χ3v) is 4.30. The summed E-state index contributed by atoms with van der Waals surface area (Å²) in [5.74, 6) is 0. The fourth-order valence-electron chi connectivity index (χ4n) is 1.81. The third-order valence-electron chi connectivity index (χ3n) is 2.99. The third kappa shape index (κ3) is 5.60. The maximum absolute atomic E-state index is 5.68. The number of rotatable bonds is 8. The summed E-state index contributed by atoms with van der Waals surface area (Å²) in [6, 6.07) is 10.5. The minimum absolute atomic E-state index is 0.0882. The van der Waals surface area contributed by atoms with Crippen LogP contribution < -0.4 is 0 Å². The van der Waals surface area contributed by atoms with Crippen LogP contribution in [0.1, 0.15) is 46.0 Å². The largest absolute Gasteiger partial charge is 0.368 e. The van der Waals surface area contributed by atoms with Gasteiger partial charge in [0.2, 0.25) is 0 Å². The van der Waals surface area contributed by atoms with Gasteiger partial charge in [-0.05, 0) is 31.9 Å². The van der Waals surface area contributed by atoms with E-state index in [1.165, 1.54) is 30.6 Å². The van der Waals surface area contributed by atoms with Gasteiger partial charge in [-0.2, -0.15) is 0 Å². The van der Waals surface area contributed by atoms with Gasteiger partial charge >= 0.3 is 0 Å². The van der Waals surface area contributed by atoms with Crippen molar-refractivity contribution in [2.75, 3.05) is 7.11 Å². The van der Waals surface area contributed by atoms with E-state index in [4.69, 9.17) is 4.74 Å². The van der Waals surface area contributed by atoms with Crippen molar-refractivity contribution >= 4 is 11.8 Å². The Morgan fingerprint density at radius 3 is 2.41 bits per heavy atom. The van der Waals surface area contributed by atoms with Crippen molar-refractivity contribution in [1.29, 1.82) is 0 Å². The van der Waals surface area contributed by atoms with Crippen LogP contribution >= 0.6 is 11.8 Å². The molecule has 0 saturated heterocycles. The van der Waals surface area contributed by atoms with Crippen LogP contribution in [0.5, 0.6) is 0 Å². The minimum atomic E-state index is -0.0882. The first-order chi connectivity index (χ1) is 8.20. The molecule has 1 unspecified atom stereocenters. The standard InChI is InChI=1S/C15H24OS/c1-4-5-6-10-13-15(2,16-3)17-14-11-8-7-9-12-14/h7-9,11-12H,4-6,10,13H2,1-3H3. The molecule has 2 heteroatoms. The number of ether oxygens (including phenoxy) is 1. The number of benzene rings is 1. The first-order valence-corrected chi connectivity index (χ1v) is 7.31. The van der Waals surface area contributed by atoms with Gasteiger partial charge in [0.25, 0.3) is 0 Å². The van der Waals surface area contributed by atoms with Gasteiger partial charge < -0.3 is 4.74 Å². The van der Waals surface area contributed by atoms with Crippen LogP contribution in [-0.4, -0.2) is 12.0 Å². The van der Waals surface area contributed by atoms with Gasteiger partial charge in [0, 0.05) is 12.0 Å². The monoisotopic (exact) mass is 252 g/mol. The fraction of sp³-hybridized carbons (Fsp3) is 0.600. The second-order valence-corrected chi connectivity index (χ2v) is 6.10. The molecule has 1 aromatic carbocycles. The van der Waals surface area contributed by atoms with E-state index in [0.717, 1.165) is 6.42 Å². The molecule has 0 aromatic heterocycles. The molecule has 0 aliphatic carbocycles. The second-order valence-electron chi connectivity index (χ2n) is 4.56. The molecule has 0 aliphatic heterocycles. The fourth-order valence-corrected chi connectivity index (χ4v) is 2.93. The topological polar surface area (TPSA) is 9.23 Å². The van der Waals surface area contributed by atoms with Crippen LogP contribution in [0.4, 0.5) is 0 Å². The molecule has 0 radical (unpaired) electrons. The quantitative estimate of drug-likeness (QED) is 0.361. The highest BCUT2D eigenvalue weighted by Gasteiger charge is 2.24. The highest BCUT2D eigenvalue weighted by molar-refractivity contribution is 8.00. The normalized spacial score (nSPS) is 14.5. The summed E-state index contributed by atoms with van der Waals surface area (Å²) in [5, 5.41) is 0. The molecule has 0 fully saturated rings. The molecule has 0 bridgehead atoms. The van der Waals surface area contributed by atoms with E-state index in [0.29, 0.717) is 0 Å². The lowest BCUT2D eigenvalue weighted by atomic mass is 10.1. The molecule has 1 nitrogen and oxygen atoms in total. The van der Waals surface area contributed by atoms with Crippen molar-refractivity contribution in [2.45, 2.75) is 55.8 Å². The van der Waals surface area contributed by atoms with Gasteiger partial charge in [0.05, 0.1) is 0 Å². The smallest absolute Gasteiger partial charge is 0.115 e. The Balaban J connectivity index is 2.45. The van der Waals surface area contributed by atoms with Crippen molar-refractivity contribution in [3.05, 3.63) is 30.3 Å². The van der Waals surface area contributed by atoms with E-state index in [2.05, 4.69) is 44.2 Å². The zero-order valence-electron chi connectivity index (χ0n) is 11.2. The van der Waals surface area contributed by atoms with Gasteiger partial charge in [-0.15, -0.1) is 0 Å². The Labute approximate surface area is 110 Å². The van der Waals surface area contributed by atoms with Crippen LogP contribution in [0.2, 0.25) is 0 Å². The molecule has 1 atom stereocenters. The first kappa shape index (κ1) is 14.6. The van der Waals surface area contributed by atoms with Crippen LogP contribution in [0, 0.1) is 0 Å². The molecule has 0 heterocycles. The molecule has 0 aliphatic rings. The highest BCUT2D eigenvalue weighted by atomic mass is 32.2. The SMILES string of the molecule is CCCCCCC(C)(OC)Sc1ccccc1. The number of unbranched alkanes of at least 4 members (excludes halogenated alkanes) is 3. The van der Waals surface area contributed by atoms with Gasteiger partial charge in [0.1, 0.15) is 4.93 Å².